The SMILES string of the molecule is CC/C(=C\C(=O)N(c1ccccn1)C1CCCCC1)c1ccc(O)c(O)c1. The van der Waals surface area contributed by atoms with Crippen molar-refractivity contribution in [1.82, 2.24) is 4.98 Å². The molecule has 1 aromatic carbocycles. The second kappa shape index (κ2) is 8.71. The normalized spacial score (nSPS) is 15.5. The van der Waals surface area contributed by atoms with Crippen molar-refractivity contribution in [3.8, 4) is 11.5 Å². The van der Waals surface area contributed by atoms with Crippen LogP contribution >= 0.6 is 0 Å². The van der Waals surface area contributed by atoms with Crippen LogP contribution in [0.4, 0.5) is 5.82 Å². The standard InChI is InChI=1S/C22H26N2O3/c1-2-16(17-11-12-19(25)20(26)14-17)15-22(27)24(18-8-4-3-5-9-18)21-10-6-7-13-23-21/h6-7,10-15,18,25-26H,2-5,8-9H2,1H3/b16-15+. The van der Waals surface area contributed by atoms with Crippen LogP contribution in [0, 0.1) is 0 Å². The van der Waals surface area contributed by atoms with Crippen LogP contribution < -0.4 is 4.90 Å². The van der Waals surface area contributed by atoms with Gasteiger partial charge < -0.3 is 10.2 Å². The van der Waals surface area contributed by atoms with Crippen LogP contribution in [0.5, 0.6) is 11.5 Å². The van der Waals surface area contributed by atoms with Gasteiger partial charge >= 0.3 is 0 Å². The molecule has 0 saturated heterocycles. The molecule has 1 aliphatic carbocycles. The molecule has 142 valence electrons. The second-order valence-electron chi connectivity index (χ2n) is 6.91. The summed E-state index contributed by atoms with van der Waals surface area (Å²) in [4.78, 5) is 19.5. The Morgan fingerprint density at radius 1 is 1.15 bits per heavy atom. The summed E-state index contributed by atoms with van der Waals surface area (Å²) in [6, 6.07) is 10.4. The number of amides is 1. The third kappa shape index (κ3) is 4.48. The number of pyridine rings is 1. The van der Waals surface area contributed by atoms with Crippen LogP contribution in [0.1, 0.15) is 51.0 Å². The lowest BCUT2D eigenvalue weighted by Crippen LogP contribution is -2.41. The number of allylic oxidation sites excluding steroid dienone is 1. The molecule has 1 aromatic heterocycles. The average Bonchev–Trinajstić information content (AvgIpc) is 2.70. The zero-order valence-electron chi connectivity index (χ0n) is 15.6. The first kappa shape index (κ1) is 19.0. The van der Waals surface area contributed by atoms with E-state index in [2.05, 4.69) is 4.98 Å². The van der Waals surface area contributed by atoms with Crippen LogP contribution in [0.2, 0.25) is 0 Å². The van der Waals surface area contributed by atoms with E-state index in [4.69, 9.17) is 0 Å². The minimum absolute atomic E-state index is 0.0926. The Bertz CT molecular complexity index is 812. The highest BCUT2D eigenvalue weighted by Gasteiger charge is 2.27. The van der Waals surface area contributed by atoms with Crippen molar-refractivity contribution in [1.29, 1.82) is 0 Å². The Morgan fingerprint density at radius 3 is 2.56 bits per heavy atom. The second-order valence-corrected chi connectivity index (χ2v) is 6.91. The fraction of sp³-hybridized carbons (Fsp3) is 0.364. The number of aromatic nitrogens is 1. The number of hydrogen-bond donors (Lipinski definition) is 2. The van der Waals surface area contributed by atoms with Crippen molar-refractivity contribution in [2.45, 2.75) is 51.5 Å². The highest BCUT2D eigenvalue weighted by Crippen LogP contribution is 2.31. The molecule has 5 nitrogen and oxygen atoms in total. The first-order chi connectivity index (χ1) is 13.1. The molecule has 3 rings (SSSR count). The molecule has 27 heavy (non-hydrogen) atoms. The van der Waals surface area contributed by atoms with E-state index >= 15 is 0 Å². The van der Waals surface area contributed by atoms with Gasteiger partial charge in [-0.1, -0.05) is 38.3 Å². The van der Waals surface area contributed by atoms with Crippen LogP contribution in [0.25, 0.3) is 5.57 Å². The van der Waals surface area contributed by atoms with Gasteiger partial charge in [0.2, 0.25) is 0 Å². The van der Waals surface area contributed by atoms with E-state index in [0.29, 0.717) is 12.2 Å². The first-order valence-corrected chi connectivity index (χ1v) is 9.57. The maximum Gasteiger partial charge on any atom is 0.252 e. The Balaban J connectivity index is 1.94. The Labute approximate surface area is 160 Å². The minimum atomic E-state index is -0.187. The van der Waals surface area contributed by atoms with Gasteiger partial charge in [0.1, 0.15) is 5.82 Å². The van der Waals surface area contributed by atoms with Gasteiger partial charge in [-0.05, 0) is 54.7 Å². The lowest BCUT2D eigenvalue weighted by atomic mass is 9.93. The molecule has 2 N–H and O–H groups in total. The average molecular weight is 366 g/mol. The lowest BCUT2D eigenvalue weighted by molar-refractivity contribution is -0.114. The molecular weight excluding hydrogens is 340 g/mol. The van der Waals surface area contributed by atoms with Crippen LogP contribution in [-0.4, -0.2) is 27.1 Å². The van der Waals surface area contributed by atoms with E-state index in [9.17, 15) is 15.0 Å². The van der Waals surface area contributed by atoms with Crippen LogP contribution in [0.3, 0.4) is 0 Å². The quantitative estimate of drug-likeness (QED) is 0.597. The van der Waals surface area contributed by atoms with E-state index in [1.807, 2.05) is 30.0 Å². The van der Waals surface area contributed by atoms with Gasteiger partial charge in [-0.25, -0.2) is 4.98 Å². The molecule has 2 aromatic rings. The number of anilines is 1. The number of nitrogens with zero attached hydrogens (tertiary/aromatic N) is 2. The van der Waals surface area contributed by atoms with Gasteiger partial charge in [-0.2, -0.15) is 0 Å². The fourth-order valence-corrected chi connectivity index (χ4v) is 3.65. The van der Waals surface area contributed by atoms with Gasteiger partial charge in [0.25, 0.3) is 5.91 Å². The van der Waals surface area contributed by atoms with Crippen molar-refractivity contribution in [2.24, 2.45) is 0 Å². The minimum Gasteiger partial charge on any atom is -0.504 e. The number of carbonyl (C=O) groups is 1. The molecule has 1 amide bonds. The molecular formula is C22H26N2O3. The van der Waals surface area contributed by atoms with Gasteiger partial charge in [0.15, 0.2) is 11.5 Å². The lowest BCUT2D eigenvalue weighted by Gasteiger charge is -2.33. The summed E-state index contributed by atoms with van der Waals surface area (Å²) in [5.41, 5.74) is 1.54. The monoisotopic (exact) mass is 366 g/mol. The first-order valence-electron chi connectivity index (χ1n) is 9.57. The molecule has 1 fully saturated rings. The third-order valence-corrected chi connectivity index (χ3v) is 5.10. The number of phenols is 2. The zero-order valence-corrected chi connectivity index (χ0v) is 15.6. The molecule has 0 bridgehead atoms. The largest absolute Gasteiger partial charge is 0.504 e. The number of carbonyl (C=O) groups excluding carboxylic acids is 1. The van der Waals surface area contributed by atoms with Crippen LogP contribution in [-0.2, 0) is 4.79 Å². The number of hydrogen-bond acceptors (Lipinski definition) is 4. The summed E-state index contributed by atoms with van der Waals surface area (Å²) in [7, 11) is 0. The molecule has 5 heteroatoms. The molecule has 0 spiro atoms. The van der Waals surface area contributed by atoms with Crippen molar-refractivity contribution < 1.29 is 15.0 Å². The van der Waals surface area contributed by atoms with E-state index < -0.39 is 0 Å². The molecule has 0 unspecified atom stereocenters. The van der Waals surface area contributed by atoms with Crippen molar-refractivity contribution in [3.63, 3.8) is 0 Å². The van der Waals surface area contributed by atoms with Crippen molar-refractivity contribution >= 4 is 17.3 Å². The Hall–Kier alpha value is -2.82. The third-order valence-electron chi connectivity index (χ3n) is 5.10. The Morgan fingerprint density at radius 2 is 1.93 bits per heavy atom. The van der Waals surface area contributed by atoms with E-state index in [0.717, 1.165) is 36.8 Å². The number of benzene rings is 1. The molecule has 1 heterocycles. The topological polar surface area (TPSA) is 73.7 Å². The van der Waals surface area contributed by atoms with Gasteiger partial charge in [-0.3, -0.25) is 9.69 Å². The summed E-state index contributed by atoms with van der Waals surface area (Å²) in [5.74, 6) is 0.227. The van der Waals surface area contributed by atoms with Crippen LogP contribution in [0.15, 0.2) is 48.7 Å². The maximum atomic E-state index is 13.2. The van der Waals surface area contributed by atoms with Gasteiger partial charge in [0.05, 0.1) is 0 Å². The van der Waals surface area contributed by atoms with Gasteiger partial charge in [-0.15, -0.1) is 0 Å². The molecule has 1 aliphatic rings. The molecule has 0 aliphatic heterocycles. The highest BCUT2D eigenvalue weighted by atomic mass is 16.3. The number of phenolic OH excluding ortho intramolecular Hbond substituents is 2. The van der Waals surface area contributed by atoms with Crippen molar-refractivity contribution in [2.75, 3.05) is 4.90 Å². The summed E-state index contributed by atoms with van der Waals surface area (Å²) in [5, 5.41) is 19.3. The van der Waals surface area contributed by atoms with E-state index in [-0.39, 0.29) is 23.4 Å². The Kier molecular flexibility index (Phi) is 6.12. The fourth-order valence-electron chi connectivity index (χ4n) is 3.65. The molecule has 0 atom stereocenters. The summed E-state index contributed by atoms with van der Waals surface area (Å²) >= 11 is 0. The number of aromatic hydroxyl groups is 2. The molecule has 1 saturated carbocycles. The smallest absolute Gasteiger partial charge is 0.252 e. The predicted octanol–water partition coefficient (Wildman–Crippen LogP) is 4.65. The zero-order chi connectivity index (χ0) is 19.2. The highest BCUT2D eigenvalue weighted by molar-refractivity contribution is 6.05. The number of rotatable bonds is 5. The van der Waals surface area contributed by atoms with Gasteiger partial charge in [0, 0.05) is 18.3 Å². The maximum absolute atomic E-state index is 13.2. The summed E-state index contributed by atoms with van der Waals surface area (Å²) in [6.45, 7) is 1.97. The summed E-state index contributed by atoms with van der Waals surface area (Å²) < 4.78 is 0. The van der Waals surface area contributed by atoms with Crippen molar-refractivity contribution in [3.05, 3.63) is 54.2 Å². The van der Waals surface area contributed by atoms with E-state index in [1.54, 1.807) is 18.3 Å². The molecule has 0 radical (unpaired) electrons. The van der Waals surface area contributed by atoms with E-state index in [1.165, 1.54) is 18.6 Å². The predicted molar refractivity (Wildman–Crippen MR) is 107 cm³/mol. The summed E-state index contributed by atoms with van der Waals surface area (Å²) in [6.07, 6.45) is 9.40.